The Kier molecular flexibility index (Phi) is 6.85. The number of anilines is 2. The molecule has 0 saturated carbocycles. The van der Waals surface area contributed by atoms with Crippen LogP contribution in [0.4, 0.5) is 29.1 Å². The normalized spacial score (nSPS) is 13.3. The second-order valence-corrected chi connectivity index (χ2v) is 6.43. The minimum absolute atomic E-state index is 0.0992. The highest BCUT2D eigenvalue weighted by atomic mass is 19.4. The van der Waals surface area contributed by atoms with Crippen LogP contribution in [0, 0.1) is 0 Å². The standard InChI is InChI=1S/C19H18F4N4O3/c1-9(20)13-5-7-25-17(16(13)27-18(30)19(21,22)23)15(10(2)28)12-4-6-24-14(8-12)26-11(3)29/h4-9,15H,1-3H3,(H,27,30)(H,24,26,29). The van der Waals surface area contributed by atoms with Gasteiger partial charge in [0.2, 0.25) is 5.91 Å². The topological polar surface area (TPSA) is 101 Å². The highest BCUT2D eigenvalue weighted by Gasteiger charge is 2.40. The number of nitrogens with one attached hydrogen (secondary N) is 2. The quantitative estimate of drug-likeness (QED) is 0.687. The summed E-state index contributed by atoms with van der Waals surface area (Å²) in [6.45, 7) is 3.49. The molecule has 11 heteroatoms. The number of pyridine rings is 2. The first kappa shape index (κ1) is 22.9. The lowest BCUT2D eigenvalue weighted by Crippen LogP contribution is -2.31. The lowest BCUT2D eigenvalue weighted by molar-refractivity contribution is -0.167. The summed E-state index contributed by atoms with van der Waals surface area (Å²) in [6, 6.07) is 3.86. The van der Waals surface area contributed by atoms with Crippen LogP contribution >= 0.6 is 0 Å². The van der Waals surface area contributed by atoms with Crippen LogP contribution in [0.25, 0.3) is 0 Å². The smallest absolute Gasteiger partial charge is 0.316 e. The molecule has 2 unspecified atom stereocenters. The van der Waals surface area contributed by atoms with Crippen LogP contribution in [0.5, 0.6) is 0 Å². The van der Waals surface area contributed by atoms with E-state index in [4.69, 9.17) is 0 Å². The second kappa shape index (κ2) is 8.97. The van der Waals surface area contributed by atoms with Crippen molar-refractivity contribution in [2.45, 2.75) is 39.0 Å². The zero-order chi connectivity index (χ0) is 22.6. The summed E-state index contributed by atoms with van der Waals surface area (Å²) in [5.74, 6) is -4.43. The molecule has 160 valence electrons. The molecule has 0 saturated heterocycles. The molecule has 0 aliphatic carbocycles. The number of carbonyl (C=O) groups excluding carboxylic acids is 3. The van der Waals surface area contributed by atoms with E-state index in [-0.39, 0.29) is 22.6 Å². The molecular formula is C19H18F4N4O3. The summed E-state index contributed by atoms with van der Waals surface area (Å²) >= 11 is 0. The fourth-order valence-electron chi connectivity index (χ4n) is 2.82. The molecule has 0 aliphatic rings. The molecule has 2 aromatic rings. The molecule has 0 bridgehead atoms. The minimum Gasteiger partial charge on any atom is -0.316 e. The van der Waals surface area contributed by atoms with E-state index in [1.54, 1.807) is 5.32 Å². The van der Waals surface area contributed by atoms with E-state index < -0.39 is 41.6 Å². The molecule has 2 amide bonds. The van der Waals surface area contributed by atoms with Crippen molar-refractivity contribution in [3.8, 4) is 0 Å². The van der Waals surface area contributed by atoms with Crippen molar-refractivity contribution in [3.63, 3.8) is 0 Å². The van der Waals surface area contributed by atoms with E-state index in [9.17, 15) is 31.9 Å². The number of aromatic nitrogens is 2. The van der Waals surface area contributed by atoms with Gasteiger partial charge in [-0.2, -0.15) is 13.2 Å². The van der Waals surface area contributed by atoms with Crippen molar-refractivity contribution in [2.75, 3.05) is 10.6 Å². The molecule has 0 aliphatic heterocycles. The van der Waals surface area contributed by atoms with E-state index >= 15 is 0 Å². The molecule has 7 nitrogen and oxygen atoms in total. The highest BCUT2D eigenvalue weighted by Crippen LogP contribution is 2.36. The van der Waals surface area contributed by atoms with Gasteiger partial charge in [0.05, 0.1) is 17.3 Å². The Morgan fingerprint density at radius 1 is 1.03 bits per heavy atom. The van der Waals surface area contributed by atoms with E-state index in [2.05, 4.69) is 15.3 Å². The molecule has 2 atom stereocenters. The fourth-order valence-corrected chi connectivity index (χ4v) is 2.82. The number of hydrogen-bond donors (Lipinski definition) is 2. The highest BCUT2D eigenvalue weighted by molar-refractivity contribution is 5.98. The largest absolute Gasteiger partial charge is 0.471 e. The molecule has 2 rings (SSSR count). The zero-order valence-electron chi connectivity index (χ0n) is 16.2. The monoisotopic (exact) mass is 426 g/mol. The van der Waals surface area contributed by atoms with Crippen LogP contribution in [-0.2, 0) is 14.4 Å². The van der Waals surface area contributed by atoms with Gasteiger partial charge in [-0.15, -0.1) is 0 Å². The molecular weight excluding hydrogens is 408 g/mol. The maximum atomic E-state index is 14.1. The number of ketones is 1. The van der Waals surface area contributed by atoms with Crippen molar-refractivity contribution in [1.82, 2.24) is 9.97 Å². The summed E-state index contributed by atoms with van der Waals surface area (Å²) < 4.78 is 52.5. The van der Waals surface area contributed by atoms with Gasteiger partial charge in [0.15, 0.2) is 0 Å². The van der Waals surface area contributed by atoms with Gasteiger partial charge >= 0.3 is 12.1 Å². The third-order valence-corrected chi connectivity index (χ3v) is 4.04. The maximum Gasteiger partial charge on any atom is 0.471 e. The molecule has 2 aromatic heterocycles. The Hall–Kier alpha value is -3.37. The average molecular weight is 426 g/mol. The summed E-state index contributed by atoms with van der Waals surface area (Å²) in [6.07, 6.45) is -4.57. The van der Waals surface area contributed by atoms with E-state index in [0.717, 1.165) is 19.2 Å². The number of amides is 2. The van der Waals surface area contributed by atoms with Crippen LogP contribution < -0.4 is 10.6 Å². The van der Waals surface area contributed by atoms with Gasteiger partial charge in [-0.05, 0) is 37.6 Å². The Balaban J connectivity index is 2.66. The van der Waals surface area contributed by atoms with Crippen LogP contribution in [0.1, 0.15) is 49.7 Å². The summed E-state index contributed by atoms with van der Waals surface area (Å²) in [4.78, 5) is 43.1. The van der Waals surface area contributed by atoms with Crippen molar-refractivity contribution in [1.29, 1.82) is 0 Å². The predicted octanol–water partition coefficient (Wildman–Crippen LogP) is 3.69. The molecule has 0 fully saturated rings. The van der Waals surface area contributed by atoms with Gasteiger partial charge in [0.25, 0.3) is 0 Å². The molecule has 2 N–H and O–H groups in total. The first-order chi connectivity index (χ1) is 13.9. The lowest BCUT2D eigenvalue weighted by Gasteiger charge is -2.21. The van der Waals surface area contributed by atoms with Crippen LogP contribution in [0.3, 0.4) is 0 Å². The first-order valence-corrected chi connectivity index (χ1v) is 8.66. The number of hydrogen-bond acceptors (Lipinski definition) is 5. The van der Waals surface area contributed by atoms with E-state index in [0.29, 0.717) is 0 Å². The molecule has 0 radical (unpaired) electrons. The SMILES string of the molecule is CC(=O)Nc1cc(C(C(C)=O)c2nccc(C(C)F)c2NC(=O)C(F)(F)F)ccn1. The van der Waals surface area contributed by atoms with Crippen LogP contribution in [0.15, 0.2) is 30.6 Å². The summed E-state index contributed by atoms with van der Waals surface area (Å²) in [5, 5.41) is 4.07. The van der Waals surface area contributed by atoms with Gasteiger partial charge in [0.1, 0.15) is 17.8 Å². The molecule has 30 heavy (non-hydrogen) atoms. The van der Waals surface area contributed by atoms with Crippen molar-refractivity contribution < 1.29 is 31.9 Å². The van der Waals surface area contributed by atoms with E-state index in [1.165, 1.54) is 32.2 Å². The van der Waals surface area contributed by atoms with Crippen molar-refractivity contribution >= 4 is 29.1 Å². The predicted molar refractivity (Wildman–Crippen MR) is 99.5 cm³/mol. The van der Waals surface area contributed by atoms with E-state index in [1.807, 2.05) is 0 Å². The summed E-state index contributed by atoms with van der Waals surface area (Å²) in [5.41, 5.74) is -0.824. The number of nitrogens with zero attached hydrogens (tertiary/aromatic N) is 2. The minimum atomic E-state index is -5.23. The molecule has 0 aromatic carbocycles. The van der Waals surface area contributed by atoms with Crippen LogP contribution in [0.2, 0.25) is 0 Å². The number of rotatable bonds is 6. The number of Topliss-reactive ketones (excluding diaryl/α,β-unsaturated/α-hetero) is 1. The van der Waals surface area contributed by atoms with Gasteiger partial charge in [-0.25, -0.2) is 9.37 Å². The second-order valence-electron chi connectivity index (χ2n) is 6.43. The number of carbonyl (C=O) groups is 3. The van der Waals surface area contributed by atoms with Crippen molar-refractivity contribution in [3.05, 3.63) is 47.4 Å². The fraction of sp³-hybridized carbons (Fsp3) is 0.316. The molecule has 2 heterocycles. The Morgan fingerprint density at radius 2 is 1.67 bits per heavy atom. The zero-order valence-corrected chi connectivity index (χ0v) is 16.2. The number of alkyl halides is 4. The lowest BCUT2D eigenvalue weighted by atomic mass is 9.89. The van der Waals surface area contributed by atoms with Gasteiger partial charge in [-0.1, -0.05) is 0 Å². The third kappa shape index (κ3) is 5.37. The van der Waals surface area contributed by atoms with Crippen LogP contribution in [-0.4, -0.2) is 33.7 Å². The molecule has 0 spiro atoms. The van der Waals surface area contributed by atoms with Gasteiger partial charge in [-0.3, -0.25) is 19.4 Å². The third-order valence-electron chi connectivity index (χ3n) is 4.04. The Bertz CT molecular complexity index is 976. The Labute approximate surface area is 168 Å². The van der Waals surface area contributed by atoms with Gasteiger partial charge < -0.3 is 10.6 Å². The maximum absolute atomic E-state index is 14.1. The Morgan fingerprint density at radius 3 is 2.20 bits per heavy atom. The van der Waals surface area contributed by atoms with Crippen molar-refractivity contribution in [2.24, 2.45) is 0 Å². The van der Waals surface area contributed by atoms with Gasteiger partial charge in [0, 0.05) is 24.9 Å². The number of halogens is 4. The average Bonchev–Trinajstić information content (AvgIpc) is 2.61. The first-order valence-electron chi connectivity index (χ1n) is 8.66. The summed E-state index contributed by atoms with van der Waals surface area (Å²) in [7, 11) is 0.